The lowest BCUT2D eigenvalue weighted by atomic mass is 10.3. The highest BCUT2D eigenvalue weighted by molar-refractivity contribution is 7.13. The zero-order valence-corrected chi connectivity index (χ0v) is 12.4. The maximum absolute atomic E-state index is 12.0. The molecule has 1 amide bonds. The molecule has 0 aliphatic carbocycles. The van der Waals surface area contributed by atoms with Gasteiger partial charge in [0.1, 0.15) is 11.5 Å². The molecule has 0 spiro atoms. The largest absolute Gasteiger partial charge is 0.394 e. The number of hydrogen-bond donors (Lipinski definition) is 2. The molecule has 0 radical (unpaired) electrons. The predicted octanol–water partition coefficient (Wildman–Crippen LogP) is 1.71. The third-order valence-electron chi connectivity index (χ3n) is 2.70. The van der Waals surface area contributed by atoms with Crippen LogP contribution in [-0.4, -0.2) is 36.1 Å². The summed E-state index contributed by atoms with van der Waals surface area (Å²) in [5.41, 5.74) is 1.01. The first-order valence-electron chi connectivity index (χ1n) is 6.09. The van der Waals surface area contributed by atoms with Crippen LogP contribution in [-0.2, 0) is 6.54 Å². The summed E-state index contributed by atoms with van der Waals surface area (Å²) in [5, 5.41) is 18.2. The van der Waals surface area contributed by atoms with Gasteiger partial charge in [0, 0.05) is 6.07 Å². The third kappa shape index (κ3) is 2.99. The van der Waals surface area contributed by atoms with Gasteiger partial charge in [-0.25, -0.2) is 4.68 Å². The minimum absolute atomic E-state index is 0.0628. The van der Waals surface area contributed by atoms with Crippen LogP contribution >= 0.6 is 23.1 Å². The van der Waals surface area contributed by atoms with Gasteiger partial charge in [0.05, 0.1) is 36.0 Å². The molecule has 21 heavy (non-hydrogen) atoms. The van der Waals surface area contributed by atoms with Gasteiger partial charge in [-0.1, -0.05) is 6.07 Å². The average molecular weight is 321 g/mol. The minimum atomic E-state index is -0.347. The quantitative estimate of drug-likeness (QED) is 0.746. The molecule has 0 bridgehead atoms. The molecule has 0 unspecified atom stereocenters. The Kier molecular flexibility index (Phi) is 4.04. The summed E-state index contributed by atoms with van der Waals surface area (Å²) < 4.78 is 9.25. The Morgan fingerprint density at radius 1 is 1.48 bits per heavy atom. The molecule has 2 N–H and O–H groups in total. The van der Waals surface area contributed by atoms with Crippen molar-refractivity contribution in [3.8, 4) is 10.6 Å². The first-order valence-corrected chi connectivity index (χ1v) is 7.70. The molecule has 0 saturated carbocycles. The highest BCUT2D eigenvalue weighted by Gasteiger charge is 2.15. The Balaban J connectivity index is 1.88. The molecule has 3 heterocycles. The number of aliphatic hydroxyl groups is 1. The lowest BCUT2D eigenvalue weighted by Crippen LogP contribution is -2.16. The van der Waals surface area contributed by atoms with E-state index in [1.54, 1.807) is 22.1 Å². The molecule has 0 fully saturated rings. The number of amides is 1. The molecule has 3 aromatic heterocycles. The summed E-state index contributed by atoms with van der Waals surface area (Å²) in [6.07, 6.45) is 1.41. The van der Waals surface area contributed by atoms with Crippen LogP contribution < -0.4 is 5.32 Å². The zero-order valence-electron chi connectivity index (χ0n) is 10.8. The van der Waals surface area contributed by atoms with E-state index < -0.39 is 0 Å². The van der Waals surface area contributed by atoms with Crippen molar-refractivity contribution in [2.45, 2.75) is 6.54 Å². The summed E-state index contributed by atoms with van der Waals surface area (Å²) in [4.78, 5) is 13.0. The second-order valence-electron chi connectivity index (χ2n) is 4.09. The normalized spacial score (nSPS) is 10.7. The van der Waals surface area contributed by atoms with Gasteiger partial charge in [-0.15, -0.1) is 11.3 Å². The van der Waals surface area contributed by atoms with Crippen LogP contribution in [0.25, 0.3) is 10.6 Å². The van der Waals surface area contributed by atoms with Crippen LogP contribution in [0.3, 0.4) is 0 Å². The smallest absolute Gasteiger partial charge is 0.278 e. The standard InChI is InChI=1S/C12H11N5O2S2/c18-4-3-17-11(14-12(19)9-7-13-21-16-9)6-8(15-17)10-2-1-5-20-10/h1-2,5-7,18H,3-4H2,(H,14,19). The molecule has 0 aliphatic rings. The summed E-state index contributed by atoms with van der Waals surface area (Å²) in [6.45, 7) is 0.239. The van der Waals surface area contributed by atoms with Crippen LogP contribution in [0.5, 0.6) is 0 Å². The number of thiophene rings is 1. The Hall–Kier alpha value is -2.10. The highest BCUT2D eigenvalue weighted by atomic mass is 32.1. The van der Waals surface area contributed by atoms with Crippen LogP contribution in [0.2, 0.25) is 0 Å². The van der Waals surface area contributed by atoms with Crippen LogP contribution in [0.15, 0.2) is 29.8 Å². The Morgan fingerprint density at radius 2 is 2.38 bits per heavy atom. The number of carbonyl (C=O) groups is 1. The molecule has 3 aromatic rings. The lowest BCUT2D eigenvalue weighted by molar-refractivity contribution is 0.102. The van der Waals surface area contributed by atoms with E-state index in [9.17, 15) is 4.79 Å². The number of nitrogens with one attached hydrogen (secondary N) is 1. The van der Waals surface area contributed by atoms with E-state index >= 15 is 0 Å². The molecule has 0 atom stereocenters. The third-order valence-corrected chi connectivity index (χ3v) is 4.07. The van der Waals surface area contributed by atoms with Gasteiger partial charge < -0.3 is 10.4 Å². The summed E-state index contributed by atoms with van der Waals surface area (Å²) in [7, 11) is 0. The molecule has 7 nitrogen and oxygen atoms in total. The minimum Gasteiger partial charge on any atom is -0.394 e. The summed E-state index contributed by atoms with van der Waals surface area (Å²) in [6, 6.07) is 5.66. The van der Waals surface area contributed by atoms with Crippen molar-refractivity contribution in [3.05, 3.63) is 35.5 Å². The van der Waals surface area contributed by atoms with E-state index in [2.05, 4.69) is 19.2 Å². The fraction of sp³-hybridized carbons (Fsp3) is 0.167. The number of aromatic nitrogens is 4. The highest BCUT2D eigenvalue weighted by Crippen LogP contribution is 2.26. The average Bonchev–Trinajstić information content (AvgIpc) is 3.21. The van der Waals surface area contributed by atoms with Crippen molar-refractivity contribution < 1.29 is 9.90 Å². The molecule has 9 heteroatoms. The Labute approximate surface area is 128 Å². The predicted molar refractivity (Wildman–Crippen MR) is 80.5 cm³/mol. The van der Waals surface area contributed by atoms with Gasteiger partial charge in [-0.3, -0.25) is 4.79 Å². The molecule has 0 aromatic carbocycles. The van der Waals surface area contributed by atoms with Crippen LogP contribution in [0, 0.1) is 0 Å². The molecule has 108 valence electrons. The van der Waals surface area contributed by atoms with Crippen molar-refractivity contribution in [1.29, 1.82) is 0 Å². The van der Waals surface area contributed by atoms with Crippen molar-refractivity contribution >= 4 is 34.8 Å². The maximum Gasteiger partial charge on any atom is 0.278 e. The first-order chi connectivity index (χ1) is 10.3. The second-order valence-corrected chi connectivity index (χ2v) is 5.59. The van der Waals surface area contributed by atoms with Crippen molar-refractivity contribution in [2.75, 3.05) is 11.9 Å². The fourth-order valence-corrected chi connectivity index (χ4v) is 2.87. The Morgan fingerprint density at radius 3 is 3.05 bits per heavy atom. The molecular formula is C12H11N5O2S2. The van der Waals surface area contributed by atoms with Gasteiger partial charge in [0.25, 0.3) is 5.91 Å². The van der Waals surface area contributed by atoms with Gasteiger partial charge >= 0.3 is 0 Å². The SMILES string of the molecule is O=C(Nc1cc(-c2cccs2)nn1CCO)c1cnsn1. The van der Waals surface area contributed by atoms with E-state index in [1.165, 1.54) is 6.20 Å². The number of rotatable bonds is 5. The van der Waals surface area contributed by atoms with Gasteiger partial charge in [-0.05, 0) is 11.4 Å². The van der Waals surface area contributed by atoms with E-state index in [-0.39, 0.29) is 18.2 Å². The van der Waals surface area contributed by atoms with E-state index in [0.717, 1.165) is 22.3 Å². The number of nitrogens with zero attached hydrogens (tertiary/aromatic N) is 4. The van der Waals surface area contributed by atoms with Gasteiger partial charge in [-0.2, -0.15) is 13.8 Å². The number of carbonyl (C=O) groups excluding carboxylic acids is 1. The maximum atomic E-state index is 12.0. The van der Waals surface area contributed by atoms with E-state index in [4.69, 9.17) is 5.11 Å². The van der Waals surface area contributed by atoms with Crippen LogP contribution in [0.1, 0.15) is 10.5 Å². The van der Waals surface area contributed by atoms with E-state index in [0.29, 0.717) is 12.4 Å². The number of anilines is 1. The van der Waals surface area contributed by atoms with E-state index in [1.807, 2.05) is 17.5 Å². The Bertz CT molecular complexity index is 721. The van der Waals surface area contributed by atoms with Crippen molar-refractivity contribution in [1.82, 2.24) is 18.5 Å². The molecule has 0 saturated heterocycles. The van der Waals surface area contributed by atoms with Crippen LogP contribution in [0.4, 0.5) is 5.82 Å². The molecule has 0 aliphatic heterocycles. The monoisotopic (exact) mass is 321 g/mol. The first kappa shape index (κ1) is 13.9. The summed E-state index contributed by atoms with van der Waals surface area (Å²) >= 11 is 2.54. The molecule has 3 rings (SSSR count). The number of hydrogen-bond acceptors (Lipinski definition) is 7. The lowest BCUT2D eigenvalue weighted by Gasteiger charge is -2.05. The number of aliphatic hydroxyl groups excluding tert-OH is 1. The van der Waals surface area contributed by atoms with Crippen molar-refractivity contribution in [2.24, 2.45) is 0 Å². The summed E-state index contributed by atoms with van der Waals surface area (Å²) in [5.74, 6) is 0.172. The van der Waals surface area contributed by atoms with Gasteiger partial charge in [0.2, 0.25) is 0 Å². The van der Waals surface area contributed by atoms with Crippen molar-refractivity contribution in [3.63, 3.8) is 0 Å². The van der Waals surface area contributed by atoms with Gasteiger partial charge in [0.15, 0.2) is 5.69 Å². The topological polar surface area (TPSA) is 92.9 Å². The fourth-order valence-electron chi connectivity index (χ4n) is 1.77. The molecular weight excluding hydrogens is 310 g/mol. The second kappa shape index (κ2) is 6.12. The zero-order chi connectivity index (χ0) is 14.7.